The van der Waals surface area contributed by atoms with Crippen LogP contribution in [0.15, 0.2) is 91.5 Å². The van der Waals surface area contributed by atoms with Gasteiger partial charge < -0.3 is 10.6 Å². The van der Waals surface area contributed by atoms with E-state index in [2.05, 4.69) is 20.7 Å². The Morgan fingerprint density at radius 3 is 2.30 bits per heavy atom. The second-order valence-electron chi connectivity index (χ2n) is 5.91. The molecule has 0 aliphatic carbocycles. The van der Waals surface area contributed by atoms with Crippen LogP contribution < -0.4 is 10.6 Å². The SMILES string of the molecule is O=C(Nc1ccc(Nc2ccccc2)cc1)c1cccc(-n2cncn2)c1. The smallest absolute Gasteiger partial charge is 0.255 e. The van der Waals surface area contributed by atoms with Crippen molar-refractivity contribution in [1.29, 1.82) is 0 Å². The molecular formula is C21H17N5O. The number of carbonyl (C=O) groups is 1. The first-order valence-corrected chi connectivity index (χ1v) is 8.46. The van der Waals surface area contributed by atoms with Crippen molar-refractivity contribution in [2.45, 2.75) is 0 Å². The lowest BCUT2D eigenvalue weighted by molar-refractivity contribution is 0.102. The number of carbonyl (C=O) groups excluding carboxylic acids is 1. The van der Waals surface area contributed by atoms with Crippen molar-refractivity contribution in [2.75, 3.05) is 10.6 Å². The van der Waals surface area contributed by atoms with E-state index in [0.717, 1.165) is 22.7 Å². The van der Waals surface area contributed by atoms with E-state index in [1.54, 1.807) is 23.1 Å². The van der Waals surface area contributed by atoms with Crippen LogP contribution in [0.25, 0.3) is 5.69 Å². The average molecular weight is 355 g/mol. The molecule has 0 saturated carbocycles. The molecule has 4 rings (SSSR count). The summed E-state index contributed by atoms with van der Waals surface area (Å²) in [6.45, 7) is 0. The van der Waals surface area contributed by atoms with Crippen molar-refractivity contribution in [1.82, 2.24) is 14.8 Å². The number of hydrogen-bond acceptors (Lipinski definition) is 4. The molecule has 1 aromatic heterocycles. The first-order valence-electron chi connectivity index (χ1n) is 8.46. The van der Waals surface area contributed by atoms with Crippen LogP contribution in [-0.2, 0) is 0 Å². The second kappa shape index (κ2) is 7.53. The quantitative estimate of drug-likeness (QED) is 0.561. The zero-order valence-electron chi connectivity index (χ0n) is 14.4. The number of aromatic nitrogens is 3. The van der Waals surface area contributed by atoms with Crippen molar-refractivity contribution in [2.24, 2.45) is 0 Å². The molecule has 4 aromatic rings. The normalized spacial score (nSPS) is 10.4. The highest BCUT2D eigenvalue weighted by Crippen LogP contribution is 2.19. The van der Waals surface area contributed by atoms with Gasteiger partial charge in [-0.3, -0.25) is 4.79 Å². The molecule has 3 aromatic carbocycles. The highest BCUT2D eigenvalue weighted by Gasteiger charge is 2.08. The highest BCUT2D eigenvalue weighted by atomic mass is 16.1. The van der Waals surface area contributed by atoms with Crippen molar-refractivity contribution < 1.29 is 4.79 Å². The lowest BCUT2D eigenvalue weighted by Gasteiger charge is -2.09. The molecule has 0 radical (unpaired) electrons. The summed E-state index contributed by atoms with van der Waals surface area (Å²) in [5, 5.41) is 10.3. The largest absolute Gasteiger partial charge is 0.356 e. The van der Waals surface area contributed by atoms with E-state index >= 15 is 0 Å². The molecule has 6 nitrogen and oxygen atoms in total. The van der Waals surface area contributed by atoms with Crippen LogP contribution in [0.3, 0.4) is 0 Å². The molecule has 0 fully saturated rings. The standard InChI is InChI=1S/C21H17N5O/c27-21(16-5-4-8-20(13-16)26-15-22-14-23-26)25-19-11-9-18(10-12-19)24-17-6-2-1-3-7-17/h1-15,24H,(H,25,27). The van der Waals surface area contributed by atoms with Gasteiger partial charge in [0.15, 0.2) is 0 Å². The van der Waals surface area contributed by atoms with E-state index in [0.29, 0.717) is 5.56 Å². The minimum atomic E-state index is -0.180. The first-order chi connectivity index (χ1) is 13.3. The lowest BCUT2D eigenvalue weighted by atomic mass is 10.2. The predicted molar refractivity (Wildman–Crippen MR) is 105 cm³/mol. The summed E-state index contributed by atoms with van der Waals surface area (Å²) in [5.74, 6) is -0.180. The number of rotatable bonds is 5. The van der Waals surface area contributed by atoms with Crippen molar-refractivity contribution >= 4 is 23.0 Å². The summed E-state index contributed by atoms with van der Waals surface area (Å²) in [6.07, 6.45) is 3.05. The van der Waals surface area contributed by atoms with E-state index in [1.165, 1.54) is 6.33 Å². The maximum Gasteiger partial charge on any atom is 0.255 e. The van der Waals surface area contributed by atoms with Gasteiger partial charge in [0.1, 0.15) is 12.7 Å². The van der Waals surface area contributed by atoms with Gasteiger partial charge in [-0.05, 0) is 54.6 Å². The van der Waals surface area contributed by atoms with Gasteiger partial charge in [0.25, 0.3) is 5.91 Å². The van der Waals surface area contributed by atoms with Crippen LogP contribution >= 0.6 is 0 Å². The summed E-state index contributed by atoms with van der Waals surface area (Å²) in [5.41, 5.74) is 4.02. The van der Waals surface area contributed by atoms with Crippen LogP contribution in [0, 0.1) is 0 Å². The number of anilines is 3. The van der Waals surface area contributed by atoms with Gasteiger partial charge >= 0.3 is 0 Å². The Hall–Kier alpha value is -3.93. The summed E-state index contributed by atoms with van der Waals surface area (Å²) < 4.78 is 1.61. The number of amides is 1. The molecule has 0 atom stereocenters. The Morgan fingerprint density at radius 2 is 1.56 bits per heavy atom. The average Bonchev–Trinajstić information content (AvgIpc) is 3.25. The van der Waals surface area contributed by atoms with Gasteiger partial charge in [-0.15, -0.1) is 0 Å². The monoisotopic (exact) mass is 355 g/mol. The van der Waals surface area contributed by atoms with Gasteiger partial charge in [-0.25, -0.2) is 9.67 Å². The molecular weight excluding hydrogens is 338 g/mol. The summed E-state index contributed by atoms with van der Waals surface area (Å²) in [4.78, 5) is 16.5. The minimum absolute atomic E-state index is 0.180. The first kappa shape index (κ1) is 16.5. The third kappa shape index (κ3) is 4.01. The van der Waals surface area contributed by atoms with Crippen LogP contribution in [0.1, 0.15) is 10.4 Å². The zero-order chi connectivity index (χ0) is 18.5. The molecule has 6 heteroatoms. The fraction of sp³-hybridized carbons (Fsp3) is 0. The number of nitrogens with one attached hydrogen (secondary N) is 2. The second-order valence-corrected chi connectivity index (χ2v) is 5.91. The fourth-order valence-corrected chi connectivity index (χ4v) is 2.66. The van der Waals surface area contributed by atoms with Gasteiger partial charge in [-0.1, -0.05) is 24.3 Å². The molecule has 27 heavy (non-hydrogen) atoms. The van der Waals surface area contributed by atoms with E-state index in [4.69, 9.17) is 0 Å². The summed E-state index contributed by atoms with van der Waals surface area (Å²) >= 11 is 0. The topological polar surface area (TPSA) is 71.8 Å². The molecule has 0 unspecified atom stereocenters. The highest BCUT2D eigenvalue weighted by molar-refractivity contribution is 6.04. The summed E-state index contributed by atoms with van der Waals surface area (Å²) in [6, 6.07) is 24.7. The lowest BCUT2D eigenvalue weighted by Crippen LogP contribution is -2.12. The van der Waals surface area contributed by atoms with Crippen molar-refractivity contribution in [3.05, 3.63) is 97.1 Å². The van der Waals surface area contributed by atoms with Gasteiger partial charge in [0, 0.05) is 22.6 Å². The fourth-order valence-electron chi connectivity index (χ4n) is 2.66. The van der Waals surface area contributed by atoms with E-state index in [9.17, 15) is 4.79 Å². The van der Waals surface area contributed by atoms with Gasteiger partial charge in [0.05, 0.1) is 5.69 Å². The molecule has 132 valence electrons. The van der Waals surface area contributed by atoms with Crippen molar-refractivity contribution in [3.8, 4) is 5.69 Å². The molecule has 0 aliphatic heterocycles. The van der Waals surface area contributed by atoms with Crippen molar-refractivity contribution in [3.63, 3.8) is 0 Å². The number of para-hydroxylation sites is 1. The predicted octanol–water partition coefficient (Wildman–Crippen LogP) is 4.26. The molecule has 0 saturated heterocycles. The van der Waals surface area contributed by atoms with Crippen LogP contribution in [-0.4, -0.2) is 20.7 Å². The Bertz CT molecular complexity index is 1030. The Kier molecular flexibility index (Phi) is 4.61. The van der Waals surface area contributed by atoms with E-state index in [1.807, 2.05) is 66.7 Å². The van der Waals surface area contributed by atoms with E-state index in [-0.39, 0.29) is 5.91 Å². The van der Waals surface area contributed by atoms with Gasteiger partial charge in [-0.2, -0.15) is 5.10 Å². The Balaban J connectivity index is 1.44. The minimum Gasteiger partial charge on any atom is -0.356 e. The van der Waals surface area contributed by atoms with Gasteiger partial charge in [0.2, 0.25) is 0 Å². The molecule has 0 spiro atoms. The molecule has 2 N–H and O–H groups in total. The third-order valence-corrected chi connectivity index (χ3v) is 4.00. The maximum absolute atomic E-state index is 12.5. The molecule has 1 heterocycles. The maximum atomic E-state index is 12.5. The molecule has 1 amide bonds. The Morgan fingerprint density at radius 1 is 0.815 bits per heavy atom. The number of nitrogens with zero attached hydrogens (tertiary/aromatic N) is 3. The molecule has 0 bridgehead atoms. The van der Waals surface area contributed by atoms with Crippen LogP contribution in [0.5, 0.6) is 0 Å². The van der Waals surface area contributed by atoms with E-state index < -0.39 is 0 Å². The Labute approximate surface area is 156 Å². The number of hydrogen-bond donors (Lipinski definition) is 2. The summed E-state index contributed by atoms with van der Waals surface area (Å²) in [7, 11) is 0. The third-order valence-electron chi connectivity index (χ3n) is 4.00. The molecule has 0 aliphatic rings. The number of benzene rings is 3. The zero-order valence-corrected chi connectivity index (χ0v) is 14.4. The van der Waals surface area contributed by atoms with Crippen LogP contribution in [0.4, 0.5) is 17.1 Å². The van der Waals surface area contributed by atoms with Crippen LogP contribution in [0.2, 0.25) is 0 Å².